The predicted molar refractivity (Wildman–Crippen MR) is 120 cm³/mol. The second-order valence-corrected chi connectivity index (χ2v) is 8.08. The van der Waals surface area contributed by atoms with Gasteiger partial charge in [0, 0.05) is 38.8 Å². The lowest BCUT2D eigenvalue weighted by molar-refractivity contribution is -0.126. The van der Waals surface area contributed by atoms with Crippen molar-refractivity contribution in [2.45, 2.75) is 24.9 Å². The van der Waals surface area contributed by atoms with E-state index in [1.807, 2.05) is 37.4 Å². The molecule has 9 heteroatoms. The van der Waals surface area contributed by atoms with Crippen molar-refractivity contribution >= 4 is 30.3 Å². The van der Waals surface area contributed by atoms with Crippen molar-refractivity contribution in [1.82, 2.24) is 20.4 Å². The molecule has 3 atom stereocenters. The van der Waals surface area contributed by atoms with Crippen LogP contribution in [0.2, 0.25) is 0 Å². The number of amides is 4. The Hall–Kier alpha value is -3.33. The second kappa shape index (κ2) is 11.3. The number of carbonyl (C=O) groups is 4. The molecule has 32 heavy (non-hydrogen) atoms. The Morgan fingerprint density at radius 2 is 1.88 bits per heavy atom. The monoisotopic (exact) mass is 439 g/mol. The molecule has 9 nitrogen and oxygen atoms in total. The van der Waals surface area contributed by atoms with E-state index in [0.29, 0.717) is 19.4 Å². The highest BCUT2D eigenvalue weighted by molar-refractivity contribution is 5.95. The molecule has 2 aliphatic rings. The third kappa shape index (κ3) is 6.58. The van der Waals surface area contributed by atoms with Crippen LogP contribution in [0.15, 0.2) is 47.5 Å². The number of aliphatic imine (C=N–C) groups is 1. The number of benzene rings is 1. The molecule has 3 rings (SSSR count). The van der Waals surface area contributed by atoms with Crippen molar-refractivity contribution in [2.24, 2.45) is 10.9 Å². The van der Waals surface area contributed by atoms with Gasteiger partial charge in [0.25, 0.3) is 5.91 Å². The fourth-order valence-corrected chi connectivity index (χ4v) is 3.67. The predicted octanol–water partition coefficient (Wildman–Crippen LogP) is 0.412. The van der Waals surface area contributed by atoms with Crippen molar-refractivity contribution in [1.29, 1.82) is 0 Å². The van der Waals surface area contributed by atoms with Crippen molar-refractivity contribution in [3.8, 4) is 0 Å². The highest BCUT2D eigenvalue weighted by Gasteiger charge is 2.29. The molecule has 0 saturated carbocycles. The number of hydrogen-bond donors (Lipinski definition) is 2. The van der Waals surface area contributed by atoms with Gasteiger partial charge >= 0.3 is 6.03 Å². The van der Waals surface area contributed by atoms with Crippen LogP contribution < -0.4 is 10.6 Å². The van der Waals surface area contributed by atoms with E-state index in [1.165, 1.54) is 6.21 Å². The molecular weight excluding hydrogens is 410 g/mol. The fraction of sp³-hybridized carbons (Fsp3) is 0.435. The van der Waals surface area contributed by atoms with Gasteiger partial charge < -0.3 is 25.2 Å². The number of nitrogens with one attached hydrogen (secondary N) is 2. The molecule has 0 aliphatic carbocycles. The fourth-order valence-electron chi connectivity index (χ4n) is 3.67. The summed E-state index contributed by atoms with van der Waals surface area (Å²) in [5, 5.41) is 5.51. The third-order valence-corrected chi connectivity index (χ3v) is 5.64. The molecule has 1 aromatic carbocycles. The zero-order valence-electron chi connectivity index (χ0n) is 18.1. The molecule has 1 fully saturated rings. The number of rotatable bonds is 8. The van der Waals surface area contributed by atoms with Gasteiger partial charge in [-0.05, 0) is 25.1 Å². The lowest BCUT2D eigenvalue weighted by atomic mass is 9.97. The molecule has 0 spiro atoms. The first-order valence-corrected chi connectivity index (χ1v) is 10.7. The number of dihydropyridines is 1. The zero-order chi connectivity index (χ0) is 22.9. The van der Waals surface area contributed by atoms with Gasteiger partial charge in [-0.25, -0.2) is 9.79 Å². The summed E-state index contributed by atoms with van der Waals surface area (Å²) in [6, 6.07) is 7.32. The SMILES string of the molecule is CN1CCN(C(=O)N[C@@H](Cc2ccccc2)C(=O)N[C@H](C=O)CC2C=CC=NC2=O)CC1. The summed E-state index contributed by atoms with van der Waals surface area (Å²) in [5.74, 6) is -1.38. The minimum Gasteiger partial charge on any atom is -0.345 e. The number of carbonyl (C=O) groups excluding carboxylic acids is 4. The molecule has 0 radical (unpaired) electrons. The van der Waals surface area contributed by atoms with Gasteiger partial charge in [-0.2, -0.15) is 0 Å². The van der Waals surface area contributed by atoms with E-state index in [2.05, 4.69) is 20.5 Å². The molecule has 0 aromatic heterocycles. The average molecular weight is 440 g/mol. The van der Waals surface area contributed by atoms with Crippen molar-refractivity contribution in [3.05, 3.63) is 48.0 Å². The lowest BCUT2D eigenvalue weighted by Gasteiger charge is -2.33. The Labute approximate surface area is 187 Å². The van der Waals surface area contributed by atoms with Gasteiger partial charge in [0.05, 0.1) is 12.0 Å². The van der Waals surface area contributed by atoms with Crippen LogP contribution in [0.1, 0.15) is 12.0 Å². The maximum absolute atomic E-state index is 13.1. The Kier molecular flexibility index (Phi) is 8.27. The molecule has 170 valence electrons. The molecule has 2 aliphatic heterocycles. The quantitative estimate of drug-likeness (QED) is 0.570. The highest BCUT2D eigenvalue weighted by Crippen LogP contribution is 2.13. The van der Waals surface area contributed by atoms with Crippen molar-refractivity contribution in [3.63, 3.8) is 0 Å². The van der Waals surface area contributed by atoms with Crippen LogP contribution in [-0.4, -0.2) is 85.5 Å². The summed E-state index contributed by atoms with van der Waals surface area (Å²) < 4.78 is 0. The molecule has 1 aromatic rings. The molecular formula is C23H29N5O4. The summed E-state index contributed by atoms with van der Waals surface area (Å²) >= 11 is 0. The molecule has 4 amide bonds. The zero-order valence-corrected chi connectivity index (χ0v) is 18.1. The maximum Gasteiger partial charge on any atom is 0.318 e. The summed E-state index contributed by atoms with van der Waals surface area (Å²) in [4.78, 5) is 56.9. The number of piperazine rings is 1. The standard InChI is InChI=1S/C23H29N5O4/c1-27-10-12-28(13-11-27)23(32)26-20(14-17-6-3-2-4-7-17)22(31)25-19(16-29)15-18-8-5-9-24-21(18)30/h2-9,16,18-20H,10-15H2,1H3,(H,25,31)(H,26,32)/t18?,19-,20-/m0/s1. The molecule has 2 heterocycles. The Balaban J connectivity index is 1.66. The largest absolute Gasteiger partial charge is 0.345 e. The van der Waals surface area contributed by atoms with Gasteiger partial charge in [-0.3, -0.25) is 9.59 Å². The Bertz CT molecular complexity index is 878. The first-order chi connectivity index (χ1) is 15.5. The van der Waals surface area contributed by atoms with E-state index < -0.39 is 23.9 Å². The second-order valence-electron chi connectivity index (χ2n) is 8.08. The normalized spacial score (nSPS) is 20.5. The van der Waals surface area contributed by atoms with Crippen LogP contribution in [0.25, 0.3) is 0 Å². The Morgan fingerprint density at radius 1 is 1.16 bits per heavy atom. The lowest BCUT2D eigenvalue weighted by Crippen LogP contribution is -2.57. The average Bonchev–Trinajstić information content (AvgIpc) is 2.80. The first-order valence-electron chi connectivity index (χ1n) is 10.7. The molecule has 1 unspecified atom stereocenters. The summed E-state index contributed by atoms with van der Waals surface area (Å²) in [6.07, 6.45) is 5.71. The van der Waals surface area contributed by atoms with Gasteiger partial charge in [0.15, 0.2) is 0 Å². The number of aldehydes is 1. The van der Waals surface area contributed by atoms with E-state index in [4.69, 9.17) is 0 Å². The number of likely N-dealkylation sites (N-methyl/N-ethyl adjacent to an activating group) is 1. The van der Waals surface area contributed by atoms with E-state index in [-0.39, 0.29) is 24.8 Å². The molecule has 0 bridgehead atoms. The van der Waals surface area contributed by atoms with Gasteiger partial charge in [-0.1, -0.05) is 36.4 Å². The van der Waals surface area contributed by atoms with E-state index in [0.717, 1.165) is 18.7 Å². The number of allylic oxidation sites excluding steroid dienone is 1. The highest BCUT2D eigenvalue weighted by atomic mass is 16.2. The van der Waals surface area contributed by atoms with Crippen LogP contribution in [0.4, 0.5) is 4.79 Å². The summed E-state index contributed by atoms with van der Waals surface area (Å²) in [6.45, 7) is 2.69. The van der Waals surface area contributed by atoms with Gasteiger partial charge in [0.1, 0.15) is 12.3 Å². The number of hydrogen-bond acceptors (Lipinski definition) is 5. The van der Waals surface area contributed by atoms with E-state index in [9.17, 15) is 19.2 Å². The molecule has 1 saturated heterocycles. The van der Waals surface area contributed by atoms with Crippen LogP contribution in [0, 0.1) is 5.92 Å². The first kappa shape index (κ1) is 23.3. The Morgan fingerprint density at radius 3 is 2.53 bits per heavy atom. The van der Waals surface area contributed by atoms with Gasteiger partial charge in [-0.15, -0.1) is 0 Å². The molecule has 2 N–H and O–H groups in total. The van der Waals surface area contributed by atoms with Crippen LogP contribution in [0.5, 0.6) is 0 Å². The topological polar surface area (TPSA) is 111 Å². The van der Waals surface area contributed by atoms with Gasteiger partial charge in [0.2, 0.25) is 5.91 Å². The van der Waals surface area contributed by atoms with E-state index in [1.54, 1.807) is 17.1 Å². The van der Waals surface area contributed by atoms with E-state index >= 15 is 0 Å². The number of urea groups is 1. The number of nitrogens with zero attached hydrogens (tertiary/aromatic N) is 3. The summed E-state index contributed by atoms with van der Waals surface area (Å²) in [7, 11) is 2.00. The van der Waals surface area contributed by atoms with Crippen molar-refractivity contribution < 1.29 is 19.2 Å². The summed E-state index contributed by atoms with van der Waals surface area (Å²) in [5.41, 5.74) is 0.883. The van der Waals surface area contributed by atoms with Crippen LogP contribution in [-0.2, 0) is 20.8 Å². The third-order valence-electron chi connectivity index (χ3n) is 5.64. The minimum absolute atomic E-state index is 0.117. The van der Waals surface area contributed by atoms with Crippen LogP contribution in [0.3, 0.4) is 0 Å². The van der Waals surface area contributed by atoms with Crippen molar-refractivity contribution in [2.75, 3.05) is 33.2 Å². The maximum atomic E-state index is 13.1. The smallest absolute Gasteiger partial charge is 0.318 e. The van der Waals surface area contributed by atoms with Crippen LogP contribution >= 0.6 is 0 Å². The minimum atomic E-state index is -0.867.